The van der Waals surface area contributed by atoms with Gasteiger partial charge in [-0.2, -0.15) is 9.78 Å². The molecule has 3 N–H and O–H groups in total. The number of nitrogens with zero attached hydrogens (tertiary/aromatic N) is 4. The van der Waals surface area contributed by atoms with Crippen molar-refractivity contribution >= 4 is 28.6 Å². The lowest BCUT2D eigenvalue weighted by molar-refractivity contribution is 0.248. The highest BCUT2D eigenvalue weighted by Crippen LogP contribution is 2.34. The Bertz CT molecular complexity index is 1230. The third-order valence-electron chi connectivity index (χ3n) is 5.84. The Hall–Kier alpha value is -3.74. The summed E-state index contributed by atoms with van der Waals surface area (Å²) in [7, 11) is 0. The maximum absolute atomic E-state index is 12.1. The molecule has 156 valence electrons. The first-order chi connectivity index (χ1) is 15.2. The molecule has 5 rings (SSSR count). The number of primary amides is 1. The van der Waals surface area contributed by atoms with Gasteiger partial charge in [-0.1, -0.05) is 61.7 Å². The molecule has 0 atom stereocenters. The molecule has 7 nitrogen and oxygen atoms in total. The smallest absolute Gasteiger partial charge is 0.341 e. The summed E-state index contributed by atoms with van der Waals surface area (Å²) in [4.78, 5) is 21.6. The Morgan fingerprint density at radius 3 is 2.48 bits per heavy atom. The number of para-hydroxylation sites is 1. The van der Waals surface area contributed by atoms with Crippen LogP contribution in [0.15, 0.2) is 60.7 Å². The Morgan fingerprint density at radius 1 is 0.968 bits per heavy atom. The zero-order valence-electron chi connectivity index (χ0n) is 17.2. The van der Waals surface area contributed by atoms with Crippen LogP contribution in [0.3, 0.4) is 0 Å². The molecule has 2 aromatic heterocycles. The Morgan fingerprint density at radius 2 is 1.71 bits per heavy atom. The highest BCUT2D eigenvalue weighted by Gasteiger charge is 2.22. The van der Waals surface area contributed by atoms with E-state index in [2.05, 4.69) is 10.4 Å². The van der Waals surface area contributed by atoms with Gasteiger partial charge in [0.05, 0.1) is 11.2 Å². The molecule has 1 fully saturated rings. The van der Waals surface area contributed by atoms with Gasteiger partial charge in [0.15, 0.2) is 5.82 Å². The number of nitrogens with two attached hydrogens (primary N) is 1. The minimum Gasteiger partial charge on any atom is -0.350 e. The van der Waals surface area contributed by atoms with Crippen LogP contribution >= 0.6 is 0 Å². The first-order valence-electron chi connectivity index (χ1n) is 10.7. The van der Waals surface area contributed by atoms with Crippen molar-refractivity contribution in [1.29, 1.82) is 0 Å². The van der Waals surface area contributed by atoms with E-state index in [-0.39, 0.29) is 0 Å². The summed E-state index contributed by atoms with van der Waals surface area (Å²) in [6, 6.07) is 18.9. The number of hydrogen-bond acceptors (Lipinski definition) is 5. The first kappa shape index (κ1) is 19.2. The molecular formula is C24H24N6O. The van der Waals surface area contributed by atoms with Crippen LogP contribution in [-0.2, 0) is 0 Å². The van der Waals surface area contributed by atoms with Gasteiger partial charge in [0.1, 0.15) is 11.6 Å². The van der Waals surface area contributed by atoms with Crippen molar-refractivity contribution in [2.45, 2.75) is 38.0 Å². The summed E-state index contributed by atoms with van der Waals surface area (Å²) < 4.78 is 1.24. The molecule has 4 aromatic rings. The summed E-state index contributed by atoms with van der Waals surface area (Å²) >= 11 is 0. The number of nitrogens with one attached hydrogen (secondary N) is 1. The van der Waals surface area contributed by atoms with Gasteiger partial charge >= 0.3 is 6.03 Å². The van der Waals surface area contributed by atoms with Crippen LogP contribution < -0.4 is 11.1 Å². The molecule has 31 heavy (non-hydrogen) atoms. The lowest BCUT2D eigenvalue weighted by Gasteiger charge is -2.19. The van der Waals surface area contributed by atoms with Gasteiger partial charge in [-0.3, -0.25) is 0 Å². The molecule has 0 unspecified atom stereocenters. The largest absolute Gasteiger partial charge is 0.350 e. The fourth-order valence-corrected chi connectivity index (χ4v) is 4.26. The average Bonchev–Trinajstić information content (AvgIpc) is 3.24. The predicted octanol–water partition coefficient (Wildman–Crippen LogP) is 5.21. The molecule has 2 aromatic carbocycles. The van der Waals surface area contributed by atoms with Gasteiger partial charge in [0, 0.05) is 22.9 Å². The highest BCUT2D eigenvalue weighted by molar-refractivity contribution is 5.92. The van der Waals surface area contributed by atoms with Crippen molar-refractivity contribution < 1.29 is 4.79 Å². The van der Waals surface area contributed by atoms with E-state index in [9.17, 15) is 4.79 Å². The molecule has 0 saturated heterocycles. The summed E-state index contributed by atoms with van der Waals surface area (Å²) in [5, 5.41) is 8.70. The van der Waals surface area contributed by atoms with E-state index in [0.717, 1.165) is 35.0 Å². The minimum absolute atomic E-state index is 0.358. The molecule has 2 heterocycles. The molecule has 1 aliphatic carbocycles. The van der Waals surface area contributed by atoms with E-state index in [0.29, 0.717) is 23.4 Å². The summed E-state index contributed by atoms with van der Waals surface area (Å²) in [5.41, 5.74) is 8.27. The predicted molar refractivity (Wildman–Crippen MR) is 121 cm³/mol. The molecule has 1 saturated carbocycles. The number of aromatic nitrogens is 4. The van der Waals surface area contributed by atoms with Crippen molar-refractivity contribution in [3.05, 3.63) is 66.4 Å². The van der Waals surface area contributed by atoms with Crippen molar-refractivity contribution in [1.82, 2.24) is 19.7 Å². The van der Waals surface area contributed by atoms with E-state index in [4.69, 9.17) is 15.7 Å². The van der Waals surface area contributed by atoms with E-state index >= 15 is 0 Å². The minimum atomic E-state index is -0.619. The Kier molecular flexibility index (Phi) is 5.08. The topological polar surface area (TPSA) is 98.7 Å². The van der Waals surface area contributed by atoms with E-state index in [1.54, 1.807) is 0 Å². The fourth-order valence-electron chi connectivity index (χ4n) is 4.26. The van der Waals surface area contributed by atoms with Crippen LogP contribution in [0.5, 0.6) is 0 Å². The second kappa shape index (κ2) is 8.18. The first-order valence-corrected chi connectivity index (χ1v) is 10.7. The lowest BCUT2D eigenvalue weighted by atomic mass is 9.87. The molecule has 7 heteroatoms. The molecule has 0 aliphatic heterocycles. The molecule has 0 bridgehead atoms. The zero-order valence-corrected chi connectivity index (χ0v) is 17.2. The third-order valence-corrected chi connectivity index (χ3v) is 5.84. The molecule has 1 aliphatic rings. The monoisotopic (exact) mass is 412 g/mol. The quantitative estimate of drug-likeness (QED) is 0.479. The second-order valence-electron chi connectivity index (χ2n) is 7.94. The van der Waals surface area contributed by atoms with Gasteiger partial charge < -0.3 is 11.1 Å². The number of carbonyl (C=O) groups is 1. The van der Waals surface area contributed by atoms with Gasteiger partial charge in [-0.05, 0) is 25.0 Å². The zero-order chi connectivity index (χ0) is 21.2. The number of carbonyl (C=O) groups excluding carboxylic acids is 1. The maximum Gasteiger partial charge on any atom is 0.341 e. The van der Waals surface area contributed by atoms with Crippen molar-refractivity contribution in [2.24, 2.45) is 5.73 Å². The second-order valence-corrected chi connectivity index (χ2v) is 7.94. The number of hydrogen-bond donors (Lipinski definition) is 2. The lowest BCUT2D eigenvalue weighted by Crippen LogP contribution is -2.22. The number of anilines is 2. The van der Waals surface area contributed by atoms with Crippen LogP contribution in [0.2, 0.25) is 0 Å². The molecule has 1 amide bonds. The summed E-state index contributed by atoms with van der Waals surface area (Å²) in [6.45, 7) is 0. The van der Waals surface area contributed by atoms with Crippen LogP contribution in [0, 0.1) is 0 Å². The average molecular weight is 412 g/mol. The maximum atomic E-state index is 12.1. The van der Waals surface area contributed by atoms with E-state index in [1.807, 2.05) is 60.7 Å². The van der Waals surface area contributed by atoms with Crippen molar-refractivity contribution in [3.8, 4) is 11.4 Å². The van der Waals surface area contributed by atoms with Crippen LogP contribution in [0.4, 0.5) is 16.4 Å². The number of benzene rings is 2. The van der Waals surface area contributed by atoms with Gasteiger partial charge in [-0.25, -0.2) is 14.8 Å². The van der Waals surface area contributed by atoms with Crippen LogP contribution in [0.25, 0.3) is 22.3 Å². The summed E-state index contributed by atoms with van der Waals surface area (Å²) in [5.74, 6) is 2.11. The number of rotatable bonds is 4. The van der Waals surface area contributed by atoms with Crippen molar-refractivity contribution in [3.63, 3.8) is 0 Å². The van der Waals surface area contributed by atoms with Crippen molar-refractivity contribution in [2.75, 3.05) is 5.32 Å². The standard InChI is InChI=1S/C24H24N6O/c25-24(31)30-21(15-20(29-30)16-9-3-1-4-10-16)27-23-18-13-7-8-14-19(18)26-22(28-23)17-11-5-2-6-12-17/h2,5-8,11-16H,1,3-4,9-10H2,(H2,25,31)(H,26,27,28). The van der Waals surface area contributed by atoms with Crippen LogP contribution in [0.1, 0.15) is 43.7 Å². The highest BCUT2D eigenvalue weighted by atomic mass is 16.2. The Balaban J connectivity index is 1.58. The van der Waals surface area contributed by atoms with E-state index in [1.165, 1.54) is 23.9 Å². The summed E-state index contributed by atoms with van der Waals surface area (Å²) in [6.07, 6.45) is 5.81. The van der Waals surface area contributed by atoms with Gasteiger partial charge in [0.25, 0.3) is 0 Å². The van der Waals surface area contributed by atoms with Crippen LogP contribution in [-0.4, -0.2) is 25.8 Å². The van der Waals surface area contributed by atoms with Gasteiger partial charge in [0.2, 0.25) is 0 Å². The van der Waals surface area contributed by atoms with Gasteiger partial charge in [-0.15, -0.1) is 0 Å². The number of fused-ring (bicyclic) bond motifs is 1. The molecule has 0 spiro atoms. The molecule has 0 radical (unpaired) electrons. The molecular weight excluding hydrogens is 388 g/mol. The normalized spacial score (nSPS) is 14.6. The number of amides is 1. The fraction of sp³-hybridized carbons (Fsp3) is 0.250. The SMILES string of the molecule is NC(=O)n1nc(C2CCCCC2)cc1Nc1nc(-c2ccccc2)nc2ccccc12. The van der Waals surface area contributed by atoms with E-state index < -0.39 is 6.03 Å². The third kappa shape index (κ3) is 3.86. The Labute approximate surface area is 180 Å².